The van der Waals surface area contributed by atoms with E-state index in [0.29, 0.717) is 6.42 Å². The van der Waals surface area contributed by atoms with E-state index in [1.54, 1.807) is 0 Å². The molecule has 0 radical (unpaired) electrons. The molecule has 1 unspecified atom stereocenters. The Labute approximate surface area is 133 Å². The van der Waals surface area contributed by atoms with E-state index in [-0.39, 0.29) is 17.4 Å². The smallest absolute Gasteiger partial charge is 0.361 e. The van der Waals surface area contributed by atoms with E-state index in [0.717, 1.165) is 0 Å². The summed E-state index contributed by atoms with van der Waals surface area (Å²) in [4.78, 5) is 42.6. The van der Waals surface area contributed by atoms with Crippen molar-refractivity contribution >= 4 is 23.7 Å². The van der Waals surface area contributed by atoms with Gasteiger partial charge in [0.25, 0.3) is 5.91 Å². The molecule has 126 valence electrons. The van der Waals surface area contributed by atoms with E-state index in [1.165, 1.54) is 19.5 Å². The molecule has 0 aliphatic rings. The number of hydrogen-bond donors (Lipinski definition) is 2. The number of nitrogens with two attached hydrogens (primary N) is 1. The van der Waals surface area contributed by atoms with Gasteiger partial charge < -0.3 is 20.5 Å². The average Bonchev–Trinajstić information content (AvgIpc) is 2.51. The first-order chi connectivity index (χ1) is 10.8. The first kappa shape index (κ1) is 18.3. The van der Waals surface area contributed by atoms with Crippen molar-refractivity contribution < 1.29 is 23.9 Å². The molecule has 0 spiro atoms. The second-order valence-corrected chi connectivity index (χ2v) is 5.14. The molecule has 1 rings (SSSR count). The molecule has 1 atom stereocenters. The van der Waals surface area contributed by atoms with Gasteiger partial charge in [-0.05, 0) is 12.3 Å². The molecule has 3 N–H and O–H groups in total. The molecule has 1 aromatic rings. The molecule has 1 amide bonds. The van der Waals surface area contributed by atoms with Crippen LogP contribution in [-0.4, -0.2) is 47.6 Å². The molecule has 0 bridgehead atoms. The van der Waals surface area contributed by atoms with Crippen molar-refractivity contribution in [2.45, 2.75) is 26.3 Å². The maximum atomic E-state index is 11.8. The molecule has 1 heterocycles. The minimum Gasteiger partial charge on any atom is -0.467 e. The SMILES string of the molecule is COC(=O)C(CC(C)C)NC(=O)COC(=O)c1nccnc1N. The summed E-state index contributed by atoms with van der Waals surface area (Å²) in [6, 6.07) is -0.798. The molecule has 23 heavy (non-hydrogen) atoms. The molecule has 0 aliphatic carbocycles. The van der Waals surface area contributed by atoms with Gasteiger partial charge in [-0.15, -0.1) is 0 Å². The summed E-state index contributed by atoms with van der Waals surface area (Å²) >= 11 is 0. The van der Waals surface area contributed by atoms with E-state index >= 15 is 0 Å². The number of aromatic nitrogens is 2. The van der Waals surface area contributed by atoms with Crippen LogP contribution in [0.4, 0.5) is 5.82 Å². The molecular weight excluding hydrogens is 304 g/mol. The highest BCUT2D eigenvalue weighted by atomic mass is 16.5. The Morgan fingerprint density at radius 3 is 2.48 bits per heavy atom. The van der Waals surface area contributed by atoms with E-state index in [2.05, 4.69) is 20.0 Å². The number of anilines is 1. The zero-order valence-corrected chi connectivity index (χ0v) is 13.2. The van der Waals surface area contributed by atoms with Crippen LogP contribution in [0, 0.1) is 5.92 Å². The molecule has 0 saturated heterocycles. The van der Waals surface area contributed by atoms with Crippen molar-refractivity contribution in [2.75, 3.05) is 19.5 Å². The number of carbonyl (C=O) groups excluding carboxylic acids is 3. The highest BCUT2D eigenvalue weighted by Gasteiger charge is 2.23. The van der Waals surface area contributed by atoms with Crippen LogP contribution in [0.1, 0.15) is 30.8 Å². The summed E-state index contributed by atoms with van der Waals surface area (Å²) in [7, 11) is 1.23. The van der Waals surface area contributed by atoms with Crippen LogP contribution in [0.2, 0.25) is 0 Å². The van der Waals surface area contributed by atoms with Crippen LogP contribution in [0.25, 0.3) is 0 Å². The summed E-state index contributed by atoms with van der Waals surface area (Å²) < 4.78 is 9.43. The summed E-state index contributed by atoms with van der Waals surface area (Å²) in [5.74, 6) is -1.98. The standard InChI is InChI=1S/C14H20N4O5/c1-8(2)6-9(13(20)22-3)18-10(19)7-23-14(21)11-12(15)17-5-4-16-11/h4-5,8-9H,6-7H2,1-3H3,(H2,15,17)(H,18,19). The minimum atomic E-state index is -0.871. The monoisotopic (exact) mass is 324 g/mol. The van der Waals surface area contributed by atoms with Gasteiger partial charge in [-0.2, -0.15) is 0 Å². The van der Waals surface area contributed by atoms with E-state index < -0.39 is 30.5 Å². The number of rotatable bonds is 7. The summed E-state index contributed by atoms with van der Waals surface area (Å²) in [6.07, 6.45) is 3.01. The van der Waals surface area contributed by atoms with Crippen LogP contribution in [0.3, 0.4) is 0 Å². The fourth-order valence-corrected chi connectivity index (χ4v) is 1.77. The Balaban J connectivity index is 2.56. The van der Waals surface area contributed by atoms with Gasteiger partial charge in [-0.25, -0.2) is 19.6 Å². The number of carbonyl (C=O) groups is 3. The topological polar surface area (TPSA) is 134 Å². The Bertz CT molecular complexity index is 576. The lowest BCUT2D eigenvalue weighted by Gasteiger charge is -2.18. The van der Waals surface area contributed by atoms with Gasteiger partial charge in [0.2, 0.25) is 0 Å². The normalized spacial score (nSPS) is 11.7. The van der Waals surface area contributed by atoms with Gasteiger partial charge in [-0.1, -0.05) is 13.8 Å². The molecule has 9 nitrogen and oxygen atoms in total. The predicted molar refractivity (Wildman–Crippen MR) is 80.1 cm³/mol. The Hall–Kier alpha value is -2.71. The number of nitrogen functional groups attached to an aromatic ring is 1. The zero-order chi connectivity index (χ0) is 17.4. The van der Waals surface area contributed by atoms with Crippen LogP contribution in [-0.2, 0) is 19.1 Å². The van der Waals surface area contributed by atoms with Crippen LogP contribution in [0.5, 0.6) is 0 Å². The third-order valence-corrected chi connectivity index (χ3v) is 2.78. The van der Waals surface area contributed by atoms with Crippen LogP contribution < -0.4 is 11.1 Å². The van der Waals surface area contributed by atoms with Gasteiger partial charge in [-0.3, -0.25) is 4.79 Å². The first-order valence-corrected chi connectivity index (χ1v) is 6.96. The first-order valence-electron chi connectivity index (χ1n) is 6.96. The van der Waals surface area contributed by atoms with E-state index in [9.17, 15) is 14.4 Å². The average molecular weight is 324 g/mol. The molecular formula is C14H20N4O5. The summed E-state index contributed by atoms with van der Waals surface area (Å²) in [5.41, 5.74) is 5.31. The van der Waals surface area contributed by atoms with Gasteiger partial charge in [0.05, 0.1) is 7.11 Å². The largest absolute Gasteiger partial charge is 0.467 e. The van der Waals surface area contributed by atoms with Gasteiger partial charge in [0, 0.05) is 12.4 Å². The summed E-state index contributed by atoms with van der Waals surface area (Å²) in [5, 5.41) is 2.46. The van der Waals surface area contributed by atoms with Gasteiger partial charge >= 0.3 is 11.9 Å². The quantitative estimate of drug-likeness (QED) is 0.665. The van der Waals surface area contributed by atoms with E-state index in [1.807, 2.05) is 13.8 Å². The minimum absolute atomic E-state index is 0.0925. The fraction of sp³-hybridized carbons (Fsp3) is 0.500. The number of methoxy groups -OCH3 is 1. The van der Waals surface area contributed by atoms with Crippen LogP contribution >= 0.6 is 0 Å². The lowest BCUT2D eigenvalue weighted by molar-refractivity contribution is -0.145. The molecule has 1 aromatic heterocycles. The third kappa shape index (κ3) is 5.89. The number of ether oxygens (including phenoxy) is 2. The van der Waals surface area contributed by atoms with Crippen molar-refractivity contribution in [3.05, 3.63) is 18.1 Å². The Kier molecular flexibility index (Phi) is 6.91. The highest BCUT2D eigenvalue weighted by Crippen LogP contribution is 2.07. The van der Waals surface area contributed by atoms with Crippen molar-refractivity contribution in [1.29, 1.82) is 0 Å². The van der Waals surface area contributed by atoms with Crippen molar-refractivity contribution in [3.63, 3.8) is 0 Å². The predicted octanol–water partition coefficient (Wildman–Crippen LogP) is -0.0805. The lowest BCUT2D eigenvalue weighted by Crippen LogP contribution is -2.44. The summed E-state index contributed by atoms with van der Waals surface area (Å²) in [6.45, 7) is 3.23. The number of amides is 1. The van der Waals surface area contributed by atoms with Crippen molar-refractivity contribution in [1.82, 2.24) is 15.3 Å². The number of nitrogens with zero attached hydrogens (tertiary/aromatic N) is 2. The lowest BCUT2D eigenvalue weighted by atomic mass is 10.0. The zero-order valence-electron chi connectivity index (χ0n) is 13.2. The second-order valence-electron chi connectivity index (χ2n) is 5.14. The highest BCUT2D eigenvalue weighted by molar-refractivity contribution is 5.93. The number of hydrogen-bond acceptors (Lipinski definition) is 8. The second kappa shape index (κ2) is 8.66. The fourth-order valence-electron chi connectivity index (χ4n) is 1.77. The van der Waals surface area contributed by atoms with Gasteiger partial charge in [0.15, 0.2) is 18.1 Å². The molecule has 0 saturated carbocycles. The molecule has 0 aliphatic heterocycles. The van der Waals surface area contributed by atoms with Crippen LogP contribution in [0.15, 0.2) is 12.4 Å². The van der Waals surface area contributed by atoms with Crippen molar-refractivity contribution in [2.24, 2.45) is 5.92 Å². The third-order valence-electron chi connectivity index (χ3n) is 2.78. The van der Waals surface area contributed by atoms with E-state index in [4.69, 9.17) is 10.5 Å². The number of esters is 2. The molecule has 0 aromatic carbocycles. The Morgan fingerprint density at radius 2 is 1.91 bits per heavy atom. The molecule has 0 fully saturated rings. The van der Waals surface area contributed by atoms with Gasteiger partial charge in [0.1, 0.15) is 6.04 Å². The molecule has 9 heteroatoms. The maximum Gasteiger partial charge on any atom is 0.361 e. The number of nitrogens with one attached hydrogen (secondary N) is 1. The van der Waals surface area contributed by atoms with Crippen molar-refractivity contribution in [3.8, 4) is 0 Å². The maximum absolute atomic E-state index is 11.8. The Morgan fingerprint density at radius 1 is 1.26 bits per heavy atom.